The van der Waals surface area contributed by atoms with Gasteiger partial charge in [-0.2, -0.15) is 5.10 Å². The summed E-state index contributed by atoms with van der Waals surface area (Å²) >= 11 is 0. The standard InChI is InChI=1S/C25H25N3O3/c29-25(11-8-20-16-26-27(18-20)17-19-5-2-1-3-6-19)28-12-4-7-22(28)21-9-10-23-24(15-21)31-14-13-30-23/h1-3,5-6,8-11,15-16,18,22H,4,7,12-14,17H2/b11-8+/t22-/m0/s1. The van der Waals surface area contributed by atoms with E-state index in [1.54, 1.807) is 12.3 Å². The van der Waals surface area contributed by atoms with E-state index in [1.165, 1.54) is 5.56 Å². The molecule has 0 spiro atoms. The number of carbonyl (C=O) groups excluding carboxylic acids is 1. The average Bonchev–Trinajstić information content (AvgIpc) is 3.48. The predicted molar refractivity (Wildman–Crippen MR) is 118 cm³/mol. The first-order chi connectivity index (χ1) is 15.3. The summed E-state index contributed by atoms with van der Waals surface area (Å²) in [5, 5.41) is 4.41. The van der Waals surface area contributed by atoms with E-state index in [0.717, 1.165) is 42.0 Å². The molecule has 1 atom stereocenters. The quantitative estimate of drug-likeness (QED) is 0.589. The van der Waals surface area contributed by atoms with Crippen LogP contribution in [0.1, 0.15) is 35.6 Å². The molecule has 0 unspecified atom stereocenters. The largest absolute Gasteiger partial charge is 0.486 e. The topological polar surface area (TPSA) is 56.6 Å². The maximum atomic E-state index is 12.9. The number of fused-ring (bicyclic) bond motifs is 1. The average molecular weight is 415 g/mol. The van der Waals surface area contributed by atoms with E-state index >= 15 is 0 Å². The van der Waals surface area contributed by atoms with Gasteiger partial charge in [-0.1, -0.05) is 36.4 Å². The molecule has 0 bridgehead atoms. The maximum Gasteiger partial charge on any atom is 0.247 e. The van der Waals surface area contributed by atoms with E-state index in [1.807, 2.05) is 58.3 Å². The molecule has 3 aromatic rings. The van der Waals surface area contributed by atoms with E-state index in [0.29, 0.717) is 19.8 Å². The van der Waals surface area contributed by atoms with Crippen molar-refractivity contribution in [2.75, 3.05) is 19.8 Å². The predicted octanol–water partition coefficient (Wildman–Crippen LogP) is 4.08. The van der Waals surface area contributed by atoms with Gasteiger partial charge in [0.05, 0.1) is 18.8 Å². The fourth-order valence-electron chi connectivity index (χ4n) is 4.23. The van der Waals surface area contributed by atoms with Gasteiger partial charge < -0.3 is 14.4 Å². The van der Waals surface area contributed by atoms with Crippen LogP contribution in [0.4, 0.5) is 0 Å². The van der Waals surface area contributed by atoms with Gasteiger partial charge in [0.25, 0.3) is 0 Å². The first-order valence-electron chi connectivity index (χ1n) is 10.7. The Balaban J connectivity index is 1.26. The van der Waals surface area contributed by atoms with Crippen molar-refractivity contribution in [2.45, 2.75) is 25.4 Å². The smallest absolute Gasteiger partial charge is 0.247 e. The SMILES string of the molecule is O=C(/C=C/c1cnn(Cc2ccccc2)c1)N1CCC[C@H]1c1ccc2c(c1)OCCO2. The van der Waals surface area contributed by atoms with Crippen molar-refractivity contribution < 1.29 is 14.3 Å². The monoisotopic (exact) mass is 415 g/mol. The summed E-state index contributed by atoms with van der Waals surface area (Å²) in [6, 6.07) is 16.3. The molecule has 6 heteroatoms. The summed E-state index contributed by atoms with van der Waals surface area (Å²) in [6.45, 7) is 2.61. The third kappa shape index (κ3) is 4.33. The number of ether oxygens (including phenoxy) is 2. The van der Waals surface area contributed by atoms with Crippen LogP contribution >= 0.6 is 0 Å². The molecular weight excluding hydrogens is 390 g/mol. The summed E-state index contributed by atoms with van der Waals surface area (Å²) in [4.78, 5) is 14.9. The Morgan fingerprint density at radius 1 is 1.10 bits per heavy atom. The minimum atomic E-state index is 0.0215. The number of hydrogen-bond donors (Lipinski definition) is 0. The molecule has 0 radical (unpaired) electrons. The van der Waals surface area contributed by atoms with Crippen LogP contribution in [0.3, 0.4) is 0 Å². The van der Waals surface area contributed by atoms with Crippen LogP contribution in [0, 0.1) is 0 Å². The van der Waals surface area contributed by atoms with Crippen molar-refractivity contribution in [2.24, 2.45) is 0 Å². The number of aromatic nitrogens is 2. The maximum absolute atomic E-state index is 12.9. The van der Waals surface area contributed by atoms with Crippen LogP contribution in [-0.2, 0) is 11.3 Å². The number of nitrogens with zero attached hydrogens (tertiary/aromatic N) is 3. The summed E-state index contributed by atoms with van der Waals surface area (Å²) in [5.41, 5.74) is 3.20. The molecule has 3 heterocycles. The molecule has 1 saturated heterocycles. The first kappa shape index (κ1) is 19.4. The Morgan fingerprint density at radius 2 is 1.94 bits per heavy atom. The van der Waals surface area contributed by atoms with Crippen molar-refractivity contribution in [3.8, 4) is 11.5 Å². The second kappa shape index (κ2) is 8.68. The second-order valence-electron chi connectivity index (χ2n) is 7.88. The van der Waals surface area contributed by atoms with Gasteiger partial charge in [0, 0.05) is 24.4 Å². The second-order valence-corrected chi connectivity index (χ2v) is 7.88. The molecule has 158 valence electrons. The lowest BCUT2D eigenvalue weighted by Gasteiger charge is -2.26. The lowest BCUT2D eigenvalue weighted by Crippen LogP contribution is -2.29. The van der Waals surface area contributed by atoms with E-state index in [4.69, 9.17) is 9.47 Å². The molecule has 0 saturated carbocycles. The van der Waals surface area contributed by atoms with Crippen molar-refractivity contribution in [3.05, 3.63) is 83.7 Å². The molecule has 1 amide bonds. The number of benzene rings is 2. The highest BCUT2D eigenvalue weighted by molar-refractivity contribution is 5.92. The van der Waals surface area contributed by atoms with Gasteiger partial charge in [0.2, 0.25) is 5.91 Å². The van der Waals surface area contributed by atoms with Gasteiger partial charge in [-0.05, 0) is 42.2 Å². The minimum Gasteiger partial charge on any atom is -0.486 e. The summed E-state index contributed by atoms with van der Waals surface area (Å²) < 4.78 is 13.2. The van der Waals surface area contributed by atoms with Crippen molar-refractivity contribution >= 4 is 12.0 Å². The van der Waals surface area contributed by atoms with Gasteiger partial charge in [0.1, 0.15) is 13.2 Å². The molecule has 2 aliphatic rings. The Kier molecular flexibility index (Phi) is 5.44. The van der Waals surface area contributed by atoms with Crippen LogP contribution in [0.5, 0.6) is 11.5 Å². The molecule has 2 aliphatic heterocycles. The number of carbonyl (C=O) groups is 1. The van der Waals surface area contributed by atoms with Gasteiger partial charge in [-0.3, -0.25) is 9.48 Å². The summed E-state index contributed by atoms with van der Waals surface area (Å²) in [5.74, 6) is 1.57. The third-order valence-electron chi connectivity index (χ3n) is 5.75. The van der Waals surface area contributed by atoms with Crippen molar-refractivity contribution in [1.29, 1.82) is 0 Å². The Bertz CT molecular complexity index is 1090. The normalized spacial score (nSPS) is 17.9. The van der Waals surface area contributed by atoms with Crippen LogP contribution < -0.4 is 9.47 Å². The van der Waals surface area contributed by atoms with Crippen LogP contribution in [0.2, 0.25) is 0 Å². The zero-order valence-electron chi connectivity index (χ0n) is 17.3. The number of rotatable bonds is 5. The van der Waals surface area contributed by atoms with E-state index in [-0.39, 0.29) is 11.9 Å². The molecule has 31 heavy (non-hydrogen) atoms. The molecule has 0 aliphatic carbocycles. The summed E-state index contributed by atoms with van der Waals surface area (Å²) in [7, 11) is 0. The Labute approximate surface area is 181 Å². The molecule has 1 fully saturated rings. The van der Waals surface area contributed by atoms with Crippen molar-refractivity contribution in [3.63, 3.8) is 0 Å². The number of hydrogen-bond acceptors (Lipinski definition) is 4. The minimum absolute atomic E-state index is 0.0215. The molecule has 0 N–H and O–H groups in total. The van der Waals surface area contributed by atoms with Crippen LogP contribution in [0.25, 0.3) is 6.08 Å². The lowest BCUT2D eigenvalue weighted by atomic mass is 10.0. The fourth-order valence-corrected chi connectivity index (χ4v) is 4.23. The number of amides is 1. The van der Waals surface area contributed by atoms with Gasteiger partial charge in [0.15, 0.2) is 11.5 Å². The van der Waals surface area contributed by atoms with Crippen LogP contribution in [-0.4, -0.2) is 40.3 Å². The zero-order valence-corrected chi connectivity index (χ0v) is 17.3. The van der Waals surface area contributed by atoms with Gasteiger partial charge in [-0.25, -0.2) is 0 Å². The molecular formula is C25H25N3O3. The highest BCUT2D eigenvalue weighted by Crippen LogP contribution is 2.38. The molecule has 2 aromatic carbocycles. The Hall–Kier alpha value is -3.54. The molecule has 1 aromatic heterocycles. The lowest BCUT2D eigenvalue weighted by molar-refractivity contribution is -0.126. The molecule has 5 rings (SSSR count). The zero-order chi connectivity index (χ0) is 21.0. The summed E-state index contributed by atoms with van der Waals surface area (Å²) in [6.07, 6.45) is 9.19. The van der Waals surface area contributed by atoms with E-state index in [9.17, 15) is 4.79 Å². The highest BCUT2D eigenvalue weighted by atomic mass is 16.6. The number of likely N-dealkylation sites (tertiary alicyclic amines) is 1. The Morgan fingerprint density at radius 3 is 2.81 bits per heavy atom. The third-order valence-corrected chi connectivity index (χ3v) is 5.75. The highest BCUT2D eigenvalue weighted by Gasteiger charge is 2.29. The first-order valence-corrected chi connectivity index (χ1v) is 10.7. The van der Waals surface area contributed by atoms with Gasteiger partial charge in [-0.15, -0.1) is 0 Å². The van der Waals surface area contributed by atoms with Gasteiger partial charge >= 0.3 is 0 Å². The van der Waals surface area contributed by atoms with E-state index < -0.39 is 0 Å². The molecule has 6 nitrogen and oxygen atoms in total. The fraction of sp³-hybridized carbons (Fsp3) is 0.280. The van der Waals surface area contributed by atoms with Crippen LogP contribution in [0.15, 0.2) is 67.0 Å². The van der Waals surface area contributed by atoms with E-state index in [2.05, 4.69) is 17.2 Å². The van der Waals surface area contributed by atoms with Crippen molar-refractivity contribution in [1.82, 2.24) is 14.7 Å².